The third-order valence-electron chi connectivity index (χ3n) is 4.51. The zero-order valence-electron chi connectivity index (χ0n) is 10.4. The summed E-state index contributed by atoms with van der Waals surface area (Å²) in [6.45, 7) is 4.50. The third kappa shape index (κ3) is 1.01. The van der Waals surface area contributed by atoms with Crippen LogP contribution in [0.2, 0.25) is 0 Å². The fourth-order valence-corrected chi connectivity index (χ4v) is 3.41. The molecule has 1 aromatic rings. The number of nitrogens with one attached hydrogen (secondary N) is 1. The Morgan fingerprint density at radius 3 is 2.50 bits per heavy atom. The van der Waals surface area contributed by atoms with Crippen LogP contribution in [0.25, 0.3) is 5.70 Å². The molecule has 1 saturated carbocycles. The second kappa shape index (κ2) is 3.13. The molecule has 0 heterocycles. The first kappa shape index (κ1) is 9.95. The molecule has 0 unspecified atom stereocenters. The first-order valence-electron chi connectivity index (χ1n) is 6.20. The van der Waals surface area contributed by atoms with Gasteiger partial charge in [-0.15, -0.1) is 0 Å². The fraction of sp³-hybridized carbons (Fsp3) is 0.467. The van der Waals surface area contributed by atoms with Crippen molar-refractivity contribution in [1.29, 1.82) is 0 Å². The van der Waals surface area contributed by atoms with Crippen LogP contribution in [-0.4, -0.2) is 7.05 Å². The van der Waals surface area contributed by atoms with Gasteiger partial charge in [-0.25, -0.2) is 0 Å². The third-order valence-corrected chi connectivity index (χ3v) is 4.51. The van der Waals surface area contributed by atoms with Crippen LogP contribution >= 0.6 is 0 Å². The average Bonchev–Trinajstić information content (AvgIpc) is 2.44. The number of hydrogen-bond acceptors (Lipinski definition) is 1. The van der Waals surface area contributed by atoms with Crippen molar-refractivity contribution in [2.24, 2.45) is 0 Å². The van der Waals surface area contributed by atoms with E-state index in [2.05, 4.69) is 37.4 Å². The molecule has 1 aromatic carbocycles. The molecule has 0 radical (unpaired) electrons. The van der Waals surface area contributed by atoms with Crippen molar-refractivity contribution < 1.29 is 0 Å². The van der Waals surface area contributed by atoms with Gasteiger partial charge in [-0.3, -0.25) is 0 Å². The lowest BCUT2D eigenvalue weighted by molar-refractivity contribution is 0.300. The van der Waals surface area contributed by atoms with Crippen LogP contribution in [-0.2, 0) is 5.41 Å². The van der Waals surface area contributed by atoms with Gasteiger partial charge in [-0.1, -0.05) is 30.2 Å². The monoisotopic (exact) mass is 213 g/mol. The van der Waals surface area contributed by atoms with E-state index in [1.54, 1.807) is 11.1 Å². The molecule has 0 aliphatic heterocycles. The van der Waals surface area contributed by atoms with E-state index in [0.29, 0.717) is 5.41 Å². The van der Waals surface area contributed by atoms with E-state index in [1.165, 1.54) is 36.1 Å². The summed E-state index contributed by atoms with van der Waals surface area (Å²) in [5, 5.41) is 3.39. The zero-order chi connectivity index (χ0) is 11.3. The van der Waals surface area contributed by atoms with Gasteiger partial charge in [0.1, 0.15) is 0 Å². The van der Waals surface area contributed by atoms with Gasteiger partial charge in [0.2, 0.25) is 0 Å². The van der Waals surface area contributed by atoms with Crippen LogP contribution in [0.4, 0.5) is 0 Å². The van der Waals surface area contributed by atoms with Crippen LogP contribution in [0.3, 0.4) is 0 Å². The van der Waals surface area contributed by atoms with Crippen molar-refractivity contribution in [2.75, 3.05) is 7.05 Å². The van der Waals surface area contributed by atoms with Gasteiger partial charge in [0.05, 0.1) is 0 Å². The van der Waals surface area contributed by atoms with E-state index >= 15 is 0 Å². The van der Waals surface area contributed by atoms with Crippen molar-refractivity contribution >= 4 is 5.70 Å². The molecule has 1 nitrogen and oxygen atoms in total. The maximum Gasteiger partial charge on any atom is 0.0412 e. The highest BCUT2D eigenvalue weighted by atomic mass is 14.9. The minimum Gasteiger partial charge on any atom is -0.388 e. The summed E-state index contributed by atoms with van der Waals surface area (Å²) < 4.78 is 0. The lowest BCUT2D eigenvalue weighted by Crippen LogP contribution is -2.33. The van der Waals surface area contributed by atoms with Gasteiger partial charge in [0.25, 0.3) is 0 Å². The van der Waals surface area contributed by atoms with Crippen LogP contribution in [0.15, 0.2) is 23.8 Å². The van der Waals surface area contributed by atoms with E-state index in [4.69, 9.17) is 0 Å². The van der Waals surface area contributed by atoms with Crippen LogP contribution < -0.4 is 5.32 Å². The number of benzene rings is 1. The van der Waals surface area contributed by atoms with Gasteiger partial charge in [0, 0.05) is 23.7 Å². The summed E-state index contributed by atoms with van der Waals surface area (Å²) in [6.07, 6.45) is 4.04. The van der Waals surface area contributed by atoms with Crippen LogP contribution in [0.5, 0.6) is 0 Å². The number of aryl methyl sites for hydroxylation is 1. The maximum atomic E-state index is 3.39. The molecule has 2 aliphatic rings. The summed E-state index contributed by atoms with van der Waals surface area (Å²) in [5.74, 6) is 0. The van der Waals surface area contributed by atoms with Gasteiger partial charge in [-0.2, -0.15) is 0 Å². The number of hydrogen-bond donors (Lipinski definition) is 1. The van der Waals surface area contributed by atoms with Crippen molar-refractivity contribution in [1.82, 2.24) is 5.32 Å². The Balaban J connectivity index is 2.25. The summed E-state index contributed by atoms with van der Waals surface area (Å²) in [4.78, 5) is 0. The molecule has 1 fully saturated rings. The zero-order valence-corrected chi connectivity index (χ0v) is 10.4. The van der Waals surface area contributed by atoms with Crippen molar-refractivity contribution in [3.05, 3.63) is 40.5 Å². The highest BCUT2D eigenvalue weighted by Crippen LogP contribution is 2.56. The molecular formula is C15H19N. The topological polar surface area (TPSA) is 12.0 Å². The van der Waals surface area contributed by atoms with Crippen molar-refractivity contribution in [3.8, 4) is 0 Å². The molecule has 3 rings (SSSR count). The Morgan fingerprint density at radius 2 is 1.94 bits per heavy atom. The average molecular weight is 213 g/mol. The molecule has 1 N–H and O–H groups in total. The van der Waals surface area contributed by atoms with E-state index in [-0.39, 0.29) is 0 Å². The highest BCUT2D eigenvalue weighted by Gasteiger charge is 2.46. The van der Waals surface area contributed by atoms with E-state index in [9.17, 15) is 0 Å². The molecular weight excluding hydrogens is 194 g/mol. The lowest BCUT2D eigenvalue weighted by Gasteiger charge is -2.41. The minimum absolute atomic E-state index is 0.389. The second-order valence-corrected chi connectivity index (χ2v) is 5.23. The summed E-state index contributed by atoms with van der Waals surface area (Å²) in [7, 11) is 2.04. The molecule has 0 atom stereocenters. The molecule has 84 valence electrons. The Labute approximate surface area is 97.6 Å². The second-order valence-electron chi connectivity index (χ2n) is 5.23. The van der Waals surface area contributed by atoms with E-state index in [0.717, 1.165) is 0 Å². The molecule has 0 bridgehead atoms. The number of rotatable bonds is 1. The number of allylic oxidation sites excluding steroid dienone is 1. The molecule has 0 saturated heterocycles. The van der Waals surface area contributed by atoms with E-state index < -0.39 is 0 Å². The predicted octanol–water partition coefficient (Wildman–Crippen LogP) is 3.38. The first-order valence-corrected chi connectivity index (χ1v) is 6.20. The molecule has 16 heavy (non-hydrogen) atoms. The highest BCUT2D eigenvalue weighted by molar-refractivity contribution is 5.79. The fourth-order valence-electron chi connectivity index (χ4n) is 3.41. The van der Waals surface area contributed by atoms with E-state index in [1.807, 2.05) is 7.05 Å². The van der Waals surface area contributed by atoms with Crippen LogP contribution in [0.1, 0.15) is 42.9 Å². The van der Waals surface area contributed by atoms with Gasteiger partial charge in [-0.05, 0) is 37.8 Å². The largest absolute Gasteiger partial charge is 0.388 e. The first-order chi connectivity index (χ1) is 7.69. The Kier molecular flexibility index (Phi) is 1.95. The summed E-state index contributed by atoms with van der Waals surface area (Å²) >= 11 is 0. The standard InChI is InChI=1S/C15H19N/c1-10-5-6-12-13(9-10)15(7-4-8-15)11(2)14(12)16-3/h5-6,9,16H,4,7-8H2,1-3H3. The van der Waals surface area contributed by atoms with Crippen molar-refractivity contribution in [2.45, 2.75) is 38.5 Å². The minimum atomic E-state index is 0.389. The van der Waals surface area contributed by atoms with Crippen molar-refractivity contribution in [3.63, 3.8) is 0 Å². The molecule has 0 aromatic heterocycles. The normalized spacial score (nSPS) is 20.9. The Hall–Kier alpha value is -1.24. The molecule has 1 heteroatoms. The predicted molar refractivity (Wildman–Crippen MR) is 68.4 cm³/mol. The molecule has 2 aliphatic carbocycles. The molecule has 0 amide bonds. The van der Waals surface area contributed by atoms with Crippen LogP contribution in [0, 0.1) is 6.92 Å². The lowest BCUT2D eigenvalue weighted by atomic mass is 9.62. The maximum absolute atomic E-state index is 3.39. The SMILES string of the molecule is CNC1=C(C)C2(CCC2)c2cc(C)ccc21. The van der Waals surface area contributed by atoms with Gasteiger partial charge >= 0.3 is 0 Å². The summed E-state index contributed by atoms with van der Waals surface area (Å²) in [5.41, 5.74) is 7.71. The Morgan fingerprint density at radius 1 is 1.19 bits per heavy atom. The smallest absolute Gasteiger partial charge is 0.0412 e. The number of fused-ring (bicyclic) bond motifs is 2. The molecule has 1 spiro atoms. The Bertz CT molecular complexity index is 478. The van der Waals surface area contributed by atoms with Gasteiger partial charge in [0.15, 0.2) is 0 Å². The quantitative estimate of drug-likeness (QED) is 0.754. The van der Waals surface area contributed by atoms with Gasteiger partial charge < -0.3 is 5.32 Å². The summed E-state index contributed by atoms with van der Waals surface area (Å²) in [6, 6.07) is 6.90.